The van der Waals surface area contributed by atoms with E-state index in [1.54, 1.807) is 23.4 Å². The van der Waals surface area contributed by atoms with Crippen molar-refractivity contribution in [2.24, 2.45) is 0 Å². The Morgan fingerprint density at radius 1 is 1.06 bits per heavy atom. The van der Waals surface area contributed by atoms with Gasteiger partial charge in [-0.15, -0.1) is 0 Å². The van der Waals surface area contributed by atoms with Crippen molar-refractivity contribution in [1.29, 1.82) is 5.26 Å². The van der Waals surface area contributed by atoms with Gasteiger partial charge in [0.2, 0.25) is 5.91 Å². The lowest BCUT2D eigenvalue weighted by molar-refractivity contribution is -0.155. The minimum atomic E-state index is -0.841. The molecule has 4 rings (SSSR count). The van der Waals surface area contributed by atoms with E-state index in [2.05, 4.69) is 11.2 Å². The van der Waals surface area contributed by atoms with Gasteiger partial charge in [0, 0.05) is 20.0 Å². The Labute approximate surface area is 193 Å². The standard InChI is InChI=1S/C26H26N4O3/c1-19-23(17-27)24(30(28-19)22-11-7-4-8-12-22)18-33-25(32)26(21-9-5-3-6-10-21)13-15-29(16-14-26)20(2)31/h3-12H,13-16,18H2,1-2H3. The van der Waals surface area contributed by atoms with Crippen LogP contribution in [-0.4, -0.2) is 39.6 Å². The first-order chi connectivity index (χ1) is 16.0. The van der Waals surface area contributed by atoms with E-state index in [0.29, 0.717) is 42.9 Å². The number of esters is 1. The molecule has 168 valence electrons. The van der Waals surface area contributed by atoms with Gasteiger partial charge in [0.25, 0.3) is 0 Å². The number of aryl methyl sites for hydroxylation is 1. The summed E-state index contributed by atoms with van der Waals surface area (Å²) < 4.78 is 7.55. The van der Waals surface area contributed by atoms with Crippen LogP contribution in [0.5, 0.6) is 0 Å². The molecule has 0 aliphatic carbocycles. The van der Waals surface area contributed by atoms with Crippen LogP contribution in [0.4, 0.5) is 0 Å². The Kier molecular flexibility index (Phi) is 6.27. The summed E-state index contributed by atoms with van der Waals surface area (Å²) in [4.78, 5) is 27.2. The number of para-hydroxylation sites is 1. The number of amides is 1. The molecule has 1 fully saturated rings. The number of likely N-dealkylation sites (tertiary alicyclic amines) is 1. The van der Waals surface area contributed by atoms with Crippen molar-refractivity contribution >= 4 is 11.9 Å². The third-order valence-electron chi connectivity index (χ3n) is 6.39. The fourth-order valence-electron chi connectivity index (χ4n) is 4.48. The number of nitrogens with zero attached hydrogens (tertiary/aromatic N) is 4. The minimum Gasteiger partial charge on any atom is -0.458 e. The number of piperidine rings is 1. The molecule has 0 spiro atoms. The average molecular weight is 443 g/mol. The van der Waals surface area contributed by atoms with Gasteiger partial charge in [0.05, 0.1) is 22.5 Å². The summed E-state index contributed by atoms with van der Waals surface area (Å²) in [5.41, 5.74) is 2.37. The van der Waals surface area contributed by atoms with E-state index in [0.717, 1.165) is 11.3 Å². The zero-order valence-electron chi connectivity index (χ0n) is 18.8. The van der Waals surface area contributed by atoms with Crippen molar-refractivity contribution < 1.29 is 14.3 Å². The summed E-state index contributed by atoms with van der Waals surface area (Å²) in [6.45, 7) is 4.23. The topological polar surface area (TPSA) is 88.2 Å². The number of nitriles is 1. The largest absolute Gasteiger partial charge is 0.458 e. The van der Waals surface area contributed by atoms with Crippen molar-refractivity contribution in [3.8, 4) is 11.8 Å². The van der Waals surface area contributed by atoms with Gasteiger partial charge in [0.1, 0.15) is 18.2 Å². The van der Waals surface area contributed by atoms with Gasteiger partial charge in [-0.3, -0.25) is 9.59 Å². The van der Waals surface area contributed by atoms with Gasteiger partial charge in [-0.05, 0) is 37.5 Å². The molecule has 33 heavy (non-hydrogen) atoms. The van der Waals surface area contributed by atoms with Crippen LogP contribution < -0.4 is 0 Å². The molecular formula is C26H26N4O3. The number of benzene rings is 2. The quantitative estimate of drug-likeness (QED) is 0.563. The highest BCUT2D eigenvalue weighted by molar-refractivity contribution is 5.84. The minimum absolute atomic E-state index is 0.00549. The van der Waals surface area contributed by atoms with E-state index in [-0.39, 0.29) is 18.5 Å². The summed E-state index contributed by atoms with van der Waals surface area (Å²) in [5.74, 6) is -0.342. The molecule has 1 aromatic heterocycles. The van der Waals surface area contributed by atoms with Crippen molar-refractivity contribution in [3.63, 3.8) is 0 Å². The zero-order chi connectivity index (χ0) is 23.4. The van der Waals surface area contributed by atoms with Crippen molar-refractivity contribution in [2.45, 2.75) is 38.7 Å². The molecule has 1 aliphatic rings. The van der Waals surface area contributed by atoms with Crippen LogP contribution in [0, 0.1) is 18.3 Å². The number of carbonyl (C=O) groups is 2. The van der Waals surface area contributed by atoms with E-state index in [9.17, 15) is 14.9 Å². The molecule has 7 heteroatoms. The Morgan fingerprint density at radius 2 is 1.67 bits per heavy atom. The second kappa shape index (κ2) is 9.29. The first-order valence-corrected chi connectivity index (χ1v) is 11.0. The number of rotatable bonds is 5. The molecule has 2 aromatic carbocycles. The number of ether oxygens (including phenoxy) is 1. The Bertz CT molecular complexity index is 1190. The van der Waals surface area contributed by atoms with Gasteiger partial charge in [-0.1, -0.05) is 48.5 Å². The fourth-order valence-corrected chi connectivity index (χ4v) is 4.48. The van der Waals surface area contributed by atoms with E-state index >= 15 is 0 Å². The summed E-state index contributed by atoms with van der Waals surface area (Å²) in [6.07, 6.45) is 0.967. The smallest absolute Gasteiger partial charge is 0.317 e. The van der Waals surface area contributed by atoms with E-state index in [4.69, 9.17) is 4.74 Å². The molecular weight excluding hydrogens is 416 g/mol. The lowest BCUT2D eigenvalue weighted by atomic mass is 9.72. The average Bonchev–Trinajstić information content (AvgIpc) is 3.18. The van der Waals surface area contributed by atoms with E-state index in [1.807, 2.05) is 60.7 Å². The maximum absolute atomic E-state index is 13.6. The van der Waals surface area contributed by atoms with Gasteiger partial charge in [0.15, 0.2) is 0 Å². The molecule has 0 bridgehead atoms. The second-order valence-corrected chi connectivity index (χ2v) is 8.30. The fraction of sp³-hybridized carbons (Fsp3) is 0.308. The number of hydrogen-bond donors (Lipinski definition) is 0. The lowest BCUT2D eigenvalue weighted by Crippen LogP contribution is -2.49. The van der Waals surface area contributed by atoms with Crippen molar-refractivity contribution in [3.05, 3.63) is 83.2 Å². The molecule has 0 atom stereocenters. The van der Waals surface area contributed by atoms with Crippen LogP contribution in [-0.2, 0) is 26.3 Å². The molecule has 7 nitrogen and oxygen atoms in total. The van der Waals surface area contributed by atoms with Crippen LogP contribution >= 0.6 is 0 Å². The molecule has 0 N–H and O–H groups in total. The maximum Gasteiger partial charge on any atom is 0.317 e. The normalized spacial score (nSPS) is 15.0. The molecule has 2 heterocycles. The highest BCUT2D eigenvalue weighted by atomic mass is 16.5. The van der Waals surface area contributed by atoms with E-state index < -0.39 is 5.41 Å². The molecule has 0 unspecified atom stereocenters. The van der Waals surface area contributed by atoms with E-state index in [1.165, 1.54) is 0 Å². The highest BCUT2D eigenvalue weighted by Crippen LogP contribution is 2.37. The summed E-state index contributed by atoms with van der Waals surface area (Å²) in [5, 5.41) is 14.2. The first kappa shape index (κ1) is 22.3. The Morgan fingerprint density at radius 3 is 2.24 bits per heavy atom. The second-order valence-electron chi connectivity index (χ2n) is 8.30. The van der Waals surface area contributed by atoms with Crippen LogP contribution in [0.2, 0.25) is 0 Å². The molecule has 0 radical (unpaired) electrons. The molecule has 1 aliphatic heterocycles. The Balaban J connectivity index is 1.63. The molecule has 1 amide bonds. The summed E-state index contributed by atoms with van der Waals surface area (Å²) >= 11 is 0. The van der Waals surface area contributed by atoms with Crippen molar-refractivity contribution in [1.82, 2.24) is 14.7 Å². The highest BCUT2D eigenvalue weighted by Gasteiger charge is 2.45. The van der Waals surface area contributed by atoms with Gasteiger partial charge < -0.3 is 9.64 Å². The molecule has 0 saturated carbocycles. The van der Waals surface area contributed by atoms with Crippen LogP contribution in [0.25, 0.3) is 5.69 Å². The lowest BCUT2D eigenvalue weighted by Gasteiger charge is -2.40. The monoisotopic (exact) mass is 442 g/mol. The summed E-state index contributed by atoms with van der Waals surface area (Å²) in [7, 11) is 0. The third-order valence-corrected chi connectivity index (χ3v) is 6.39. The van der Waals surface area contributed by atoms with Crippen LogP contribution in [0.1, 0.15) is 42.3 Å². The predicted molar refractivity (Wildman–Crippen MR) is 122 cm³/mol. The van der Waals surface area contributed by atoms with Gasteiger partial charge >= 0.3 is 5.97 Å². The summed E-state index contributed by atoms with van der Waals surface area (Å²) in [6, 6.07) is 21.3. The Hall–Kier alpha value is -3.92. The van der Waals surface area contributed by atoms with Crippen LogP contribution in [0.3, 0.4) is 0 Å². The number of aromatic nitrogens is 2. The maximum atomic E-state index is 13.6. The number of hydrogen-bond acceptors (Lipinski definition) is 5. The zero-order valence-corrected chi connectivity index (χ0v) is 18.8. The van der Waals surface area contributed by atoms with Crippen molar-refractivity contribution in [2.75, 3.05) is 13.1 Å². The van der Waals surface area contributed by atoms with Gasteiger partial charge in [-0.2, -0.15) is 10.4 Å². The molecule has 3 aromatic rings. The SMILES string of the molecule is CC(=O)N1CCC(C(=O)OCc2c(C#N)c(C)nn2-c2ccccc2)(c2ccccc2)CC1. The number of carbonyl (C=O) groups excluding carboxylic acids is 2. The predicted octanol–water partition coefficient (Wildman–Crippen LogP) is 3.68. The third kappa shape index (κ3) is 4.24. The van der Waals surface area contributed by atoms with Gasteiger partial charge in [-0.25, -0.2) is 4.68 Å². The molecule has 1 saturated heterocycles. The van der Waals surface area contributed by atoms with Crippen LogP contribution in [0.15, 0.2) is 60.7 Å². The first-order valence-electron chi connectivity index (χ1n) is 11.0.